The smallest absolute Gasteiger partial charge is 0.253 e. The summed E-state index contributed by atoms with van der Waals surface area (Å²) in [6.45, 7) is 0.452. The third kappa shape index (κ3) is 6.42. The van der Waals surface area contributed by atoms with Gasteiger partial charge in [-0.05, 0) is 30.0 Å². The predicted molar refractivity (Wildman–Crippen MR) is 157 cm³/mol. The standard InChI is InChI=1S/C33H36N4O3/c1-37(22-24-14-6-3-7-15-24)33(40)30(20-23-12-4-2-5-13-23)36-31(38)26-17-9-11-19-29(26)35-32(39)27-21-34-28-18-10-8-16-25(27)28/h2-8,10,12-16,18,21,26,29-30,34H,9,11,17,19-20,22H2,1H3,(H,35,39)(H,36,38)/t26-,29-,30+/m1/s1. The lowest BCUT2D eigenvalue weighted by atomic mass is 9.83. The van der Waals surface area contributed by atoms with E-state index >= 15 is 0 Å². The minimum absolute atomic E-state index is 0.142. The van der Waals surface area contributed by atoms with Gasteiger partial charge in [-0.25, -0.2) is 0 Å². The summed E-state index contributed by atoms with van der Waals surface area (Å²) in [5.74, 6) is -0.933. The van der Waals surface area contributed by atoms with Gasteiger partial charge in [0.1, 0.15) is 6.04 Å². The van der Waals surface area contributed by atoms with Crippen molar-refractivity contribution in [2.75, 3.05) is 7.05 Å². The Labute approximate surface area is 235 Å². The number of rotatable bonds is 9. The van der Waals surface area contributed by atoms with Crippen LogP contribution < -0.4 is 10.6 Å². The third-order valence-corrected chi connectivity index (χ3v) is 7.79. The molecule has 0 spiro atoms. The molecule has 0 saturated heterocycles. The molecule has 0 aliphatic heterocycles. The van der Waals surface area contributed by atoms with Crippen molar-refractivity contribution in [2.24, 2.45) is 5.92 Å². The molecule has 0 radical (unpaired) electrons. The zero-order valence-electron chi connectivity index (χ0n) is 22.8. The SMILES string of the molecule is CN(Cc1ccccc1)C(=O)[C@H](Cc1ccccc1)NC(=O)[C@@H]1CCCC[C@H]1NC(=O)c1c[nH]c2ccccc12. The van der Waals surface area contributed by atoms with Crippen LogP contribution in [0, 0.1) is 5.92 Å². The van der Waals surface area contributed by atoms with Crippen LogP contribution in [-0.4, -0.2) is 46.7 Å². The summed E-state index contributed by atoms with van der Waals surface area (Å²) in [6.07, 6.45) is 5.34. The summed E-state index contributed by atoms with van der Waals surface area (Å²) in [5.41, 5.74) is 3.46. The van der Waals surface area contributed by atoms with Crippen molar-refractivity contribution < 1.29 is 14.4 Å². The quantitative estimate of drug-likeness (QED) is 0.286. The van der Waals surface area contributed by atoms with Gasteiger partial charge in [0.2, 0.25) is 11.8 Å². The lowest BCUT2D eigenvalue weighted by Crippen LogP contribution is -2.54. The number of fused-ring (bicyclic) bond motifs is 1. The van der Waals surface area contributed by atoms with E-state index in [-0.39, 0.29) is 23.8 Å². The molecule has 5 rings (SSSR count). The summed E-state index contributed by atoms with van der Waals surface area (Å²) in [6, 6.07) is 26.2. The van der Waals surface area contributed by atoms with E-state index in [9.17, 15) is 14.4 Å². The molecule has 3 aromatic carbocycles. The third-order valence-electron chi connectivity index (χ3n) is 7.79. The monoisotopic (exact) mass is 536 g/mol. The molecule has 3 atom stereocenters. The number of carbonyl (C=O) groups is 3. The van der Waals surface area contributed by atoms with E-state index in [0.717, 1.165) is 41.3 Å². The molecule has 1 aliphatic carbocycles. The van der Waals surface area contributed by atoms with Crippen LogP contribution in [0.1, 0.15) is 47.2 Å². The van der Waals surface area contributed by atoms with E-state index in [1.54, 1.807) is 18.1 Å². The topological polar surface area (TPSA) is 94.3 Å². The molecule has 1 aromatic heterocycles. The Hall–Kier alpha value is -4.39. The van der Waals surface area contributed by atoms with Crippen LogP contribution in [-0.2, 0) is 22.6 Å². The number of H-pyrrole nitrogens is 1. The maximum atomic E-state index is 13.7. The molecule has 1 fully saturated rings. The Morgan fingerprint density at radius 3 is 2.27 bits per heavy atom. The van der Waals surface area contributed by atoms with Crippen molar-refractivity contribution in [1.29, 1.82) is 0 Å². The Balaban J connectivity index is 1.31. The Bertz CT molecular complexity index is 1450. The Kier molecular flexibility index (Phi) is 8.59. The molecule has 0 bridgehead atoms. The van der Waals surface area contributed by atoms with E-state index in [1.807, 2.05) is 84.9 Å². The molecule has 206 valence electrons. The van der Waals surface area contributed by atoms with Crippen LogP contribution in [0.2, 0.25) is 0 Å². The maximum Gasteiger partial charge on any atom is 0.253 e. The van der Waals surface area contributed by atoms with Gasteiger partial charge in [0.05, 0.1) is 11.5 Å². The minimum atomic E-state index is -0.712. The molecule has 1 saturated carbocycles. The number of benzene rings is 3. The lowest BCUT2D eigenvalue weighted by Gasteiger charge is -2.33. The second-order valence-electron chi connectivity index (χ2n) is 10.6. The van der Waals surface area contributed by atoms with Gasteiger partial charge in [-0.15, -0.1) is 0 Å². The molecule has 1 aliphatic rings. The second kappa shape index (κ2) is 12.6. The Morgan fingerprint density at radius 1 is 0.875 bits per heavy atom. The number of nitrogens with one attached hydrogen (secondary N) is 3. The molecule has 3 amide bonds. The van der Waals surface area contributed by atoms with Crippen LogP contribution in [0.4, 0.5) is 0 Å². The molecule has 4 aromatic rings. The van der Waals surface area contributed by atoms with Gasteiger partial charge in [0.25, 0.3) is 5.91 Å². The molecule has 7 heteroatoms. The highest BCUT2D eigenvalue weighted by atomic mass is 16.2. The van der Waals surface area contributed by atoms with Crippen molar-refractivity contribution in [2.45, 2.75) is 50.7 Å². The maximum absolute atomic E-state index is 13.7. The largest absolute Gasteiger partial charge is 0.360 e. The number of para-hydroxylation sites is 1. The minimum Gasteiger partial charge on any atom is -0.360 e. The fourth-order valence-electron chi connectivity index (χ4n) is 5.65. The average Bonchev–Trinajstić information content (AvgIpc) is 3.42. The number of hydrogen-bond donors (Lipinski definition) is 3. The van der Waals surface area contributed by atoms with E-state index in [0.29, 0.717) is 24.9 Å². The first-order valence-corrected chi connectivity index (χ1v) is 14.0. The van der Waals surface area contributed by atoms with E-state index in [2.05, 4.69) is 15.6 Å². The molecule has 3 N–H and O–H groups in total. The first-order valence-electron chi connectivity index (χ1n) is 14.0. The van der Waals surface area contributed by atoms with Crippen LogP contribution in [0.3, 0.4) is 0 Å². The predicted octanol–water partition coefficient (Wildman–Crippen LogP) is 4.84. The van der Waals surface area contributed by atoms with Crippen molar-refractivity contribution in [1.82, 2.24) is 20.5 Å². The van der Waals surface area contributed by atoms with Crippen LogP contribution >= 0.6 is 0 Å². The van der Waals surface area contributed by atoms with Gasteiger partial charge >= 0.3 is 0 Å². The van der Waals surface area contributed by atoms with E-state index < -0.39 is 12.0 Å². The number of likely N-dealkylation sites (N-methyl/N-ethyl adjacent to an activating group) is 1. The highest BCUT2D eigenvalue weighted by Gasteiger charge is 2.35. The molecular weight excluding hydrogens is 500 g/mol. The van der Waals surface area contributed by atoms with Gasteiger partial charge in [-0.1, -0.05) is 91.7 Å². The fraction of sp³-hybridized carbons (Fsp3) is 0.303. The molecular formula is C33H36N4O3. The van der Waals surface area contributed by atoms with Crippen LogP contribution in [0.5, 0.6) is 0 Å². The van der Waals surface area contributed by atoms with Gasteiger partial charge < -0.3 is 20.5 Å². The summed E-state index contributed by atoms with van der Waals surface area (Å²) in [7, 11) is 1.77. The van der Waals surface area contributed by atoms with Gasteiger partial charge in [-0.2, -0.15) is 0 Å². The zero-order valence-corrected chi connectivity index (χ0v) is 22.8. The van der Waals surface area contributed by atoms with Gasteiger partial charge in [0, 0.05) is 43.2 Å². The Morgan fingerprint density at radius 2 is 1.52 bits per heavy atom. The fourth-order valence-corrected chi connectivity index (χ4v) is 5.65. The number of nitrogens with zero attached hydrogens (tertiary/aromatic N) is 1. The lowest BCUT2D eigenvalue weighted by molar-refractivity contribution is -0.137. The van der Waals surface area contributed by atoms with Crippen LogP contribution in [0.25, 0.3) is 10.9 Å². The first-order chi connectivity index (χ1) is 19.5. The second-order valence-corrected chi connectivity index (χ2v) is 10.6. The van der Waals surface area contributed by atoms with Gasteiger partial charge in [-0.3, -0.25) is 14.4 Å². The number of aromatic nitrogens is 1. The molecule has 40 heavy (non-hydrogen) atoms. The van der Waals surface area contributed by atoms with E-state index in [1.165, 1.54) is 0 Å². The van der Waals surface area contributed by atoms with E-state index in [4.69, 9.17) is 0 Å². The molecule has 7 nitrogen and oxygen atoms in total. The number of carbonyl (C=O) groups excluding carboxylic acids is 3. The normalized spacial score (nSPS) is 17.6. The molecule has 0 unspecified atom stereocenters. The van der Waals surface area contributed by atoms with Crippen molar-refractivity contribution in [3.8, 4) is 0 Å². The first kappa shape index (κ1) is 27.2. The number of amides is 3. The highest BCUT2D eigenvalue weighted by molar-refractivity contribution is 6.07. The van der Waals surface area contributed by atoms with Crippen LogP contribution in [0.15, 0.2) is 91.1 Å². The van der Waals surface area contributed by atoms with Crippen molar-refractivity contribution >= 4 is 28.6 Å². The van der Waals surface area contributed by atoms with Gasteiger partial charge in [0.15, 0.2) is 0 Å². The molecule has 1 heterocycles. The summed E-state index contributed by atoms with van der Waals surface area (Å²) in [5, 5.41) is 7.07. The average molecular weight is 537 g/mol. The highest BCUT2D eigenvalue weighted by Crippen LogP contribution is 2.26. The number of hydrogen-bond acceptors (Lipinski definition) is 3. The summed E-state index contributed by atoms with van der Waals surface area (Å²) in [4.78, 5) is 45.5. The summed E-state index contributed by atoms with van der Waals surface area (Å²) < 4.78 is 0. The van der Waals surface area contributed by atoms with Crippen molar-refractivity contribution in [3.05, 3.63) is 108 Å². The number of aromatic amines is 1. The summed E-state index contributed by atoms with van der Waals surface area (Å²) >= 11 is 0. The zero-order chi connectivity index (χ0) is 27.9. The van der Waals surface area contributed by atoms with Crippen molar-refractivity contribution in [3.63, 3.8) is 0 Å².